The van der Waals surface area contributed by atoms with Crippen LogP contribution in [0.15, 0.2) is 78.9 Å². The van der Waals surface area contributed by atoms with Gasteiger partial charge >= 0.3 is 5.97 Å². The largest absolute Gasteiger partial charge is 0.496 e. The van der Waals surface area contributed by atoms with E-state index in [0.717, 1.165) is 23.1 Å². The van der Waals surface area contributed by atoms with Gasteiger partial charge in [-0.1, -0.05) is 73.7 Å². The first kappa shape index (κ1) is 27.4. The van der Waals surface area contributed by atoms with Gasteiger partial charge in [0, 0.05) is 19.1 Å². The first-order valence-electron chi connectivity index (χ1n) is 14.0. The fraction of sp³-hybridized carbons (Fsp3) is 0.364. The zero-order chi connectivity index (χ0) is 28.1. The van der Waals surface area contributed by atoms with Crippen molar-refractivity contribution in [1.82, 2.24) is 10.2 Å². The fourth-order valence-corrected chi connectivity index (χ4v) is 6.16. The normalized spacial score (nSPS) is 21.8. The van der Waals surface area contributed by atoms with Gasteiger partial charge in [-0.05, 0) is 54.5 Å². The summed E-state index contributed by atoms with van der Waals surface area (Å²) in [5, 5.41) is 3.07. The highest BCUT2D eigenvalue weighted by Crippen LogP contribution is 2.48. The number of ether oxygens (including phenoxy) is 2. The smallest absolute Gasteiger partial charge is 0.321 e. The highest BCUT2D eigenvalue weighted by molar-refractivity contribution is 5.97. The number of amides is 2. The van der Waals surface area contributed by atoms with Gasteiger partial charge in [0.15, 0.2) is 0 Å². The van der Waals surface area contributed by atoms with E-state index < -0.39 is 5.41 Å². The Kier molecular flexibility index (Phi) is 8.19. The third-order valence-corrected chi connectivity index (χ3v) is 8.14. The number of carbonyl (C=O) groups excluding carboxylic acids is 3. The summed E-state index contributed by atoms with van der Waals surface area (Å²) >= 11 is 0. The number of esters is 1. The molecule has 2 aliphatic rings. The molecule has 1 aliphatic heterocycles. The van der Waals surface area contributed by atoms with E-state index in [2.05, 4.69) is 5.32 Å². The molecule has 7 heteroatoms. The van der Waals surface area contributed by atoms with Gasteiger partial charge in [-0.15, -0.1) is 0 Å². The molecule has 1 aliphatic carbocycles. The molecule has 3 aromatic carbocycles. The number of nitrogens with zero attached hydrogens (tertiary/aromatic N) is 1. The Morgan fingerprint density at radius 1 is 0.950 bits per heavy atom. The zero-order valence-electron chi connectivity index (χ0n) is 23.1. The van der Waals surface area contributed by atoms with Crippen molar-refractivity contribution in [3.63, 3.8) is 0 Å². The van der Waals surface area contributed by atoms with Crippen LogP contribution >= 0.6 is 0 Å². The molecule has 0 saturated carbocycles. The minimum atomic E-state index is -0.958. The lowest BCUT2D eigenvalue weighted by Gasteiger charge is -2.41. The third kappa shape index (κ3) is 5.08. The number of likely N-dealkylation sites (tertiary alicyclic amines) is 1. The van der Waals surface area contributed by atoms with E-state index in [1.807, 2.05) is 72.5 Å². The maximum atomic E-state index is 13.9. The molecule has 0 bridgehead atoms. The summed E-state index contributed by atoms with van der Waals surface area (Å²) in [6.45, 7) is 3.35. The van der Waals surface area contributed by atoms with Gasteiger partial charge in [0.1, 0.15) is 11.2 Å². The Morgan fingerprint density at radius 2 is 1.68 bits per heavy atom. The number of hydrogen-bond donors (Lipinski definition) is 1. The number of benzene rings is 3. The van der Waals surface area contributed by atoms with Gasteiger partial charge in [0.2, 0.25) is 5.91 Å². The predicted molar refractivity (Wildman–Crippen MR) is 152 cm³/mol. The van der Waals surface area contributed by atoms with Crippen LogP contribution < -0.4 is 10.1 Å². The van der Waals surface area contributed by atoms with Gasteiger partial charge in [-0.2, -0.15) is 0 Å². The number of fused-ring (bicyclic) bond motifs is 1. The average Bonchev–Trinajstić information content (AvgIpc) is 3.47. The summed E-state index contributed by atoms with van der Waals surface area (Å²) in [6, 6.07) is 24.5. The van der Waals surface area contributed by atoms with E-state index in [0.29, 0.717) is 50.3 Å². The molecule has 3 atom stereocenters. The second kappa shape index (κ2) is 11.9. The number of rotatable bonds is 8. The number of methoxy groups -OCH3 is 1. The SMILES string of the molecule is CCCOC(=O)C1(c2ccccc2)CC[C@@H](C(=O)N2CCC(NC(=O)c3ccccc3OC)C2)c2ccccc21. The Morgan fingerprint density at radius 3 is 2.45 bits per heavy atom. The van der Waals surface area contributed by atoms with Gasteiger partial charge < -0.3 is 19.7 Å². The highest BCUT2D eigenvalue weighted by Gasteiger charge is 2.50. The van der Waals surface area contributed by atoms with Crippen molar-refractivity contribution in [1.29, 1.82) is 0 Å². The molecule has 2 unspecified atom stereocenters. The maximum Gasteiger partial charge on any atom is 0.321 e. The van der Waals surface area contributed by atoms with Crippen LogP contribution in [0.3, 0.4) is 0 Å². The van der Waals surface area contributed by atoms with Crippen molar-refractivity contribution in [3.05, 3.63) is 101 Å². The molecule has 3 aromatic rings. The summed E-state index contributed by atoms with van der Waals surface area (Å²) < 4.78 is 11.1. The molecule has 0 radical (unpaired) electrons. The van der Waals surface area contributed by atoms with Crippen molar-refractivity contribution in [2.45, 2.75) is 50.0 Å². The summed E-state index contributed by atoms with van der Waals surface area (Å²) in [5.74, 6) is -0.290. The van der Waals surface area contributed by atoms with Crippen molar-refractivity contribution in [2.75, 3.05) is 26.8 Å². The van der Waals surface area contributed by atoms with Crippen LogP contribution in [0.25, 0.3) is 0 Å². The zero-order valence-corrected chi connectivity index (χ0v) is 23.1. The molecule has 1 heterocycles. The maximum absolute atomic E-state index is 13.9. The molecule has 40 heavy (non-hydrogen) atoms. The standard InChI is InChI=1S/C33H36N2O5/c1-3-21-40-32(38)33(23-11-5-4-6-12-23)19-17-26(25-13-7-9-15-28(25)33)31(37)35-20-18-24(22-35)34-30(36)27-14-8-10-16-29(27)39-2/h4-16,24,26H,3,17-22H2,1-2H3,(H,34,36)/t24?,26-,33?/m1/s1. The van der Waals surface area contributed by atoms with Gasteiger partial charge in [0.25, 0.3) is 5.91 Å². The van der Waals surface area contributed by atoms with Crippen LogP contribution in [0, 0.1) is 0 Å². The Hall–Kier alpha value is -4.13. The van der Waals surface area contributed by atoms with Crippen LogP contribution in [0.5, 0.6) is 5.75 Å². The Balaban J connectivity index is 1.37. The Bertz CT molecular complexity index is 1370. The van der Waals surface area contributed by atoms with E-state index in [1.54, 1.807) is 25.3 Å². The number of carbonyl (C=O) groups is 3. The summed E-state index contributed by atoms with van der Waals surface area (Å²) in [4.78, 5) is 42.4. The second-order valence-electron chi connectivity index (χ2n) is 10.5. The minimum Gasteiger partial charge on any atom is -0.496 e. The molecule has 1 N–H and O–H groups in total. The van der Waals surface area contributed by atoms with E-state index in [9.17, 15) is 14.4 Å². The number of hydrogen-bond acceptors (Lipinski definition) is 5. The van der Waals surface area contributed by atoms with Crippen molar-refractivity contribution in [3.8, 4) is 5.75 Å². The lowest BCUT2D eigenvalue weighted by Crippen LogP contribution is -2.45. The first-order chi connectivity index (χ1) is 19.5. The Labute approximate surface area is 235 Å². The predicted octanol–water partition coefficient (Wildman–Crippen LogP) is 4.84. The summed E-state index contributed by atoms with van der Waals surface area (Å²) in [5.41, 5.74) is 2.11. The van der Waals surface area contributed by atoms with Crippen LogP contribution in [-0.4, -0.2) is 55.5 Å². The molecule has 0 aromatic heterocycles. The van der Waals surface area contributed by atoms with Crippen LogP contribution in [0.2, 0.25) is 0 Å². The number of nitrogens with one attached hydrogen (secondary N) is 1. The van der Waals surface area contributed by atoms with Crippen molar-refractivity contribution < 1.29 is 23.9 Å². The van der Waals surface area contributed by atoms with Gasteiger partial charge in [-0.25, -0.2) is 0 Å². The minimum absolute atomic E-state index is 0.0325. The number of para-hydroxylation sites is 1. The molecule has 2 amide bonds. The van der Waals surface area contributed by atoms with Gasteiger partial charge in [-0.3, -0.25) is 14.4 Å². The second-order valence-corrected chi connectivity index (χ2v) is 10.5. The van der Waals surface area contributed by atoms with E-state index in [4.69, 9.17) is 9.47 Å². The molecule has 1 saturated heterocycles. The fourth-order valence-electron chi connectivity index (χ4n) is 6.16. The molecule has 0 spiro atoms. The van der Waals surface area contributed by atoms with E-state index in [1.165, 1.54) is 0 Å². The van der Waals surface area contributed by atoms with Crippen molar-refractivity contribution in [2.24, 2.45) is 0 Å². The molecular formula is C33H36N2O5. The van der Waals surface area contributed by atoms with Crippen LogP contribution in [0.4, 0.5) is 0 Å². The van der Waals surface area contributed by atoms with E-state index in [-0.39, 0.29) is 29.7 Å². The summed E-state index contributed by atoms with van der Waals surface area (Å²) in [7, 11) is 1.54. The van der Waals surface area contributed by atoms with Crippen LogP contribution in [0.1, 0.15) is 65.6 Å². The lowest BCUT2D eigenvalue weighted by molar-refractivity contribution is -0.150. The topological polar surface area (TPSA) is 84.9 Å². The van der Waals surface area contributed by atoms with Crippen molar-refractivity contribution >= 4 is 17.8 Å². The summed E-state index contributed by atoms with van der Waals surface area (Å²) in [6.07, 6.45) is 2.43. The molecule has 5 rings (SSSR count). The molecule has 7 nitrogen and oxygen atoms in total. The molecule has 208 valence electrons. The lowest BCUT2D eigenvalue weighted by atomic mass is 9.63. The quantitative estimate of drug-likeness (QED) is 0.413. The first-order valence-corrected chi connectivity index (χ1v) is 14.0. The highest BCUT2D eigenvalue weighted by atomic mass is 16.5. The molecule has 1 fully saturated rings. The van der Waals surface area contributed by atoms with Gasteiger partial charge in [0.05, 0.1) is 25.2 Å². The third-order valence-electron chi connectivity index (χ3n) is 8.14. The average molecular weight is 541 g/mol. The van der Waals surface area contributed by atoms with Crippen LogP contribution in [-0.2, 0) is 19.7 Å². The monoisotopic (exact) mass is 540 g/mol. The molecular weight excluding hydrogens is 504 g/mol. The van der Waals surface area contributed by atoms with E-state index >= 15 is 0 Å².